The van der Waals surface area contributed by atoms with Crippen LogP contribution in [-0.2, 0) is 13.1 Å². The van der Waals surface area contributed by atoms with Crippen molar-refractivity contribution < 1.29 is 9.53 Å². The van der Waals surface area contributed by atoms with Gasteiger partial charge in [-0.3, -0.25) is 19.6 Å². The maximum atomic E-state index is 12.9. The molecule has 5 rings (SSSR count). The van der Waals surface area contributed by atoms with Crippen LogP contribution in [0.15, 0.2) is 72.9 Å². The Balaban J connectivity index is 1.06. The average molecular weight is 611 g/mol. The predicted molar refractivity (Wildman–Crippen MR) is 155 cm³/mol. The number of hydrogen-bond donors (Lipinski definition) is 1. The van der Waals surface area contributed by atoms with E-state index in [0.717, 1.165) is 80.0 Å². The normalized spacial score (nSPS) is 18.0. The minimum atomic E-state index is 0.00815. The second-order valence-corrected chi connectivity index (χ2v) is 11.2. The number of piperidine rings is 2. The van der Waals surface area contributed by atoms with Gasteiger partial charge in [-0.1, -0.05) is 36.4 Å². The summed E-state index contributed by atoms with van der Waals surface area (Å²) in [6, 6.07) is 22.7. The number of amides is 1. The molecule has 1 N–H and O–H groups in total. The summed E-state index contributed by atoms with van der Waals surface area (Å²) < 4.78 is 7.33. The fourth-order valence-corrected chi connectivity index (χ4v) is 5.81. The Hall–Kier alpha value is -2.49. The minimum absolute atomic E-state index is 0.00815. The second kappa shape index (κ2) is 12.8. The number of rotatable bonds is 8. The van der Waals surface area contributed by atoms with Gasteiger partial charge in [0.15, 0.2) is 0 Å². The van der Waals surface area contributed by atoms with E-state index in [4.69, 9.17) is 4.74 Å². The molecule has 0 bridgehead atoms. The van der Waals surface area contributed by atoms with Gasteiger partial charge in [-0.25, -0.2) is 0 Å². The first-order valence-electron chi connectivity index (χ1n) is 13.3. The molecule has 0 unspecified atom stereocenters. The first-order chi connectivity index (χ1) is 18.1. The minimum Gasteiger partial charge on any atom is -0.489 e. The summed E-state index contributed by atoms with van der Waals surface area (Å²) in [7, 11) is 0. The highest BCUT2D eigenvalue weighted by molar-refractivity contribution is 14.1. The van der Waals surface area contributed by atoms with Crippen LogP contribution in [0.3, 0.4) is 0 Å². The van der Waals surface area contributed by atoms with Crippen LogP contribution in [0, 0.1) is 3.57 Å². The van der Waals surface area contributed by atoms with E-state index in [9.17, 15) is 4.79 Å². The summed E-state index contributed by atoms with van der Waals surface area (Å²) in [4.78, 5) is 22.3. The summed E-state index contributed by atoms with van der Waals surface area (Å²) in [5.41, 5.74) is 3.16. The van der Waals surface area contributed by atoms with Gasteiger partial charge in [-0.15, -0.1) is 0 Å². The van der Waals surface area contributed by atoms with E-state index in [1.54, 1.807) is 0 Å². The topological polar surface area (TPSA) is 57.7 Å². The summed E-state index contributed by atoms with van der Waals surface area (Å²) in [5, 5.41) is 3.25. The highest BCUT2D eigenvalue weighted by Crippen LogP contribution is 2.26. The van der Waals surface area contributed by atoms with Crippen LogP contribution in [0.1, 0.15) is 47.3 Å². The SMILES string of the molecule is O=C(NC1CCN(Cc2ccccc2)CC1)c1ccc(OC2CCN(Cc3ccccn3)CC2)c(I)c1. The van der Waals surface area contributed by atoms with Crippen molar-refractivity contribution >= 4 is 28.5 Å². The van der Waals surface area contributed by atoms with Crippen molar-refractivity contribution in [2.45, 2.75) is 50.9 Å². The summed E-state index contributed by atoms with van der Waals surface area (Å²) >= 11 is 2.29. The number of benzene rings is 2. The molecule has 3 aromatic rings. The van der Waals surface area contributed by atoms with E-state index in [0.29, 0.717) is 5.56 Å². The van der Waals surface area contributed by atoms with E-state index in [1.807, 2.05) is 36.5 Å². The smallest absolute Gasteiger partial charge is 0.251 e. The van der Waals surface area contributed by atoms with Gasteiger partial charge in [0, 0.05) is 57.1 Å². The van der Waals surface area contributed by atoms with E-state index in [1.165, 1.54) is 5.56 Å². The third-order valence-corrected chi connectivity index (χ3v) is 8.15. The molecule has 2 fully saturated rings. The zero-order chi connectivity index (χ0) is 25.5. The number of hydrogen-bond acceptors (Lipinski definition) is 5. The number of nitrogens with zero attached hydrogens (tertiary/aromatic N) is 3. The number of carbonyl (C=O) groups is 1. The molecule has 1 amide bonds. The fraction of sp³-hybridized carbons (Fsp3) is 0.400. The lowest BCUT2D eigenvalue weighted by atomic mass is 10.0. The number of likely N-dealkylation sites (tertiary alicyclic amines) is 2. The molecule has 194 valence electrons. The van der Waals surface area contributed by atoms with Crippen LogP contribution in [-0.4, -0.2) is 59.0 Å². The molecule has 37 heavy (non-hydrogen) atoms. The van der Waals surface area contributed by atoms with Gasteiger partial charge in [-0.05, 0) is 84.2 Å². The lowest BCUT2D eigenvalue weighted by Crippen LogP contribution is -2.44. The van der Waals surface area contributed by atoms with Crippen molar-refractivity contribution in [1.82, 2.24) is 20.1 Å². The van der Waals surface area contributed by atoms with Crippen molar-refractivity contribution in [1.29, 1.82) is 0 Å². The average Bonchev–Trinajstić information content (AvgIpc) is 2.93. The molecular weight excluding hydrogens is 575 g/mol. The van der Waals surface area contributed by atoms with E-state index >= 15 is 0 Å². The Kier molecular flexibility index (Phi) is 9.07. The quantitative estimate of drug-likeness (QED) is 0.359. The van der Waals surface area contributed by atoms with Crippen LogP contribution in [0.25, 0.3) is 0 Å². The zero-order valence-electron chi connectivity index (χ0n) is 21.2. The number of carbonyl (C=O) groups excluding carboxylic acids is 1. The Bertz CT molecular complexity index is 1140. The zero-order valence-corrected chi connectivity index (χ0v) is 23.3. The van der Waals surface area contributed by atoms with Crippen molar-refractivity contribution in [3.63, 3.8) is 0 Å². The molecule has 0 spiro atoms. The molecule has 3 heterocycles. The lowest BCUT2D eigenvalue weighted by molar-refractivity contribution is 0.0907. The van der Waals surface area contributed by atoms with Gasteiger partial charge in [0.05, 0.1) is 9.26 Å². The number of ether oxygens (including phenoxy) is 1. The molecule has 0 atom stereocenters. The van der Waals surface area contributed by atoms with Crippen LogP contribution in [0.2, 0.25) is 0 Å². The highest BCUT2D eigenvalue weighted by atomic mass is 127. The Morgan fingerprint density at radius 2 is 1.59 bits per heavy atom. The van der Waals surface area contributed by atoms with Gasteiger partial charge in [0.1, 0.15) is 11.9 Å². The third-order valence-electron chi connectivity index (χ3n) is 7.31. The van der Waals surface area contributed by atoms with Crippen molar-refractivity contribution in [2.24, 2.45) is 0 Å². The largest absolute Gasteiger partial charge is 0.489 e. The van der Waals surface area contributed by atoms with Crippen molar-refractivity contribution in [2.75, 3.05) is 26.2 Å². The van der Waals surface area contributed by atoms with Crippen molar-refractivity contribution in [3.05, 3.63) is 93.3 Å². The monoisotopic (exact) mass is 610 g/mol. The van der Waals surface area contributed by atoms with Crippen LogP contribution in [0.5, 0.6) is 5.75 Å². The summed E-state index contributed by atoms with van der Waals surface area (Å²) in [6.45, 7) is 5.88. The number of aromatic nitrogens is 1. The first-order valence-corrected chi connectivity index (χ1v) is 14.4. The van der Waals surface area contributed by atoms with Gasteiger partial charge in [0.25, 0.3) is 5.91 Å². The number of nitrogens with one attached hydrogen (secondary N) is 1. The maximum Gasteiger partial charge on any atom is 0.251 e. The Labute approximate surface area is 233 Å². The molecular formula is C30H35IN4O2. The molecule has 0 radical (unpaired) electrons. The van der Waals surface area contributed by atoms with E-state index < -0.39 is 0 Å². The van der Waals surface area contributed by atoms with E-state index in [-0.39, 0.29) is 18.1 Å². The molecule has 7 heteroatoms. The van der Waals surface area contributed by atoms with Crippen molar-refractivity contribution in [3.8, 4) is 5.75 Å². The van der Waals surface area contributed by atoms with Crippen LogP contribution < -0.4 is 10.1 Å². The fourth-order valence-electron chi connectivity index (χ4n) is 5.17. The number of pyridine rings is 1. The molecule has 2 aromatic carbocycles. The van der Waals surface area contributed by atoms with Gasteiger partial charge in [0.2, 0.25) is 0 Å². The maximum absolute atomic E-state index is 12.9. The van der Waals surface area contributed by atoms with Crippen LogP contribution >= 0.6 is 22.6 Å². The molecule has 2 aliphatic heterocycles. The van der Waals surface area contributed by atoms with Crippen LogP contribution in [0.4, 0.5) is 0 Å². The second-order valence-electron chi connectivity index (χ2n) is 10.1. The van der Waals surface area contributed by atoms with Gasteiger partial charge >= 0.3 is 0 Å². The standard InChI is InChI=1S/C30H35IN4O2/c31-28-20-24(30(36)33-25-11-16-34(17-12-25)21-23-6-2-1-3-7-23)9-10-29(28)37-27-13-18-35(19-14-27)22-26-8-4-5-15-32-26/h1-10,15,20,25,27H,11-14,16-19,21-22H2,(H,33,36). The highest BCUT2D eigenvalue weighted by Gasteiger charge is 2.23. The lowest BCUT2D eigenvalue weighted by Gasteiger charge is -2.32. The van der Waals surface area contributed by atoms with Gasteiger partial charge in [-0.2, -0.15) is 0 Å². The molecule has 2 aliphatic rings. The van der Waals surface area contributed by atoms with Gasteiger partial charge < -0.3 is 10.1 Å². The molecule has 0 saturated carbocycles. The number of halogens is 1. The summed E-state index contributed by atoms with van der Waals surface area (Å²) in [5.74, 6) is 0.878. The molecule has 1 aromatic heterocycles. The summed E-state index contributed by atoms with van der Waals surface area (Å²) in [6.07, 6.45) is 6.01. The predicted octanol–water partition coefficient (Wildman–Crippen LogP) is 5.12. The molecule has 0 aliphatic carbocycles. The van der Waals surface area contributed by atoms with E-state index in [2.05, 4.69) is 79.1 Å². The first kappa shape index (κ1) is 26.1. The Morgan fingerprint density at radius 3 is 2.30 bits per heavy atom. The molecule has 6 nitrogen and oxygen atoms in total. The Morgan fingerprint density at radius 1 is 0.892 bits per heavy atom. The third kappa shape index (κ3) is 7.52. The molecule has 2 saturated heterocycles.